The predicted octanol–water partition coefficient (Wildman–Crippen LogP) is 2.72. The summed E-state index contributed by atoms with van der Waals surface area (Å²) in [6, 6.07) is 0. The molecule has 0 aliphatic carbocycles. The molecule has 0 aliphatic heterocycles. The Kier molecular flexibility index (Phi) is 9.74. The third kappa shape index (κ3) is 7.07. The van der Waals surface area contributed by atoms with Crippen LogP contribution in [0.3, 0.4) is 0 Å². The van der Waals surface area contributed by atoms with Crippen molar-refractivity contribution in [2.24, 2.45) is 17.3 Å². The van der Waals surface area contributed by atoms with E-state index >= 15 is 0 Å². The molecule has 0 saturated heterocycles. The van der Waals surface area contributed by atoms with Crippen molar-refractivity contribution in [3.05, 3.63) is 12.7 Å². The number of esters is 2. The first-order valence-corrected chi connectivity index (χ1v) is 7.88. The van der Waals surface area contributed by atoms with E-state index < -0.39 is 11.4 Å². The van der Waals surface area contributed by atoms with E-state index in [-0.39, 0.29) is 37.6 Å². The smallest absolute Gasteiger partial charge is 0.330 e. The van der Waals surface area contributed by atoms with Crippen molar-refractivity contribution in [2.75, 3.05) is 19.8 Å². The molecule has 0 heterocycles. The number of rotatable bonds is 11. The Labute approximate surface area is 133 Å². The second kappa shape index (κ2) is 10.4. The summed E-state index contributed by atoms with van der Waals surface area (Å²) in [6.45, 7) is 11.4. The molecule has 5 heteroatoms. The minimum atomic E-state index is -0.521. The van der Waals surface area contributed by atoms with Gasteiger partial charge in [0.05, 0.1) is 13.2 Å². The Morgan fingerprint density at radius 2 is 1.86 bits per heavy atom. The first-order valence-electron chi connectivity index (χ1n) is 7.88. The van der Waals surface area contributed by atoms with Crippen LogP contribution in [0.25, 0.3) is 0 Å². The molecule has 1 N–H and O–H groups in total. The third-order valence-corrected chi connectivity index (χ3v) is 4.41. The highest BCUT2D eigenvalue weighted by atomic mass is 16.5. The van der Waals surface area contributed by atoms with E-state index in [1.54, 1.807) is 0 Å². The zero-order valence-corrected chi connectivity index (χ0v) is 14.3. The first-order chi connectivity index (χ1) is 10.3. The van der Waals surface area contributed by atoms with E-state index in [9.17, 15) is 14.7 Å². The second-order valence-electron chi connectivity index (χ2n) is 6.10. The van der Waals surface area contributed by atoms with Gasteiger partial charge in [-0.3, -0.25) is 4.79 Å². The van der Waals surface area contributed by atoms with Gasteiger partial charge in [-0.1, -0.05) is 40.7 Å². The minimum Gasteiger partial charge on any atom is -0.465 e. The van der Waals surface area contributed by atoms with Gasteiger partial charge in [0.25, 0.3) is 0 Å². The highest BCUT2D eigenvalue weighted by molar-refractivity contribution is 5.81. The molecule has 0 spiro atoms. The Morgan fingerprint density at radius 3 is 2.32 bits per heavy atom. The standard InChI is InChI=1S/C17H30O5/c1-6-13(4)9-16(20)22-11-14(10-21-15(19)7-2)17(5,8-3)12-18/h7,13-14,18H,2,6,8-12H2,1,3-5H3. The van der Waals surface area contributed by atoms with Crippen LogP contribution in [-0.2, 0) is 19.1 Å². The van der Waals surface area contributed by atoms with E-state index in [1.165, 1.54) is 0 Å². The molecule has 3 atom stereocenters. The zero-order chi connectivity index (χ0) is 17.2. The lowest BCUT2D eigenvalue weighted by Gasteiger charge is -2.34. The van der Waals surface area contributed by atoms with Gasteiger partial charge in [0.1, 0.15) is 0 Å². The number of ether oxygens (including phenoxy) is 2. The molecule has 0 saturated carbocycles. The number of hydrogen-bond acceptors (Lipinski definition) is 5. The lowest BCUT2D eigenvalue weighted by molar-refractivity contribution is -0.151. The fourth-order valence-corrected chi connectivity index (χ4v) is 1.90. The SMILES string of the molecule is C=CC(=O)OCC(COC(=O)CC(C)CC)C(C)(CC)CO. The van der Waals surface area contributed by atoms with Crippen LogP contribution < -0.4 is 0 Å². The van der Waals surface area contributed by atoms with Crippen LogP contribution in [0.1, 0.15) is 47.0 Å². The summed E-state index contributed by atoms with van der Waals surface area (Å²) < 4.78 is 10.4. The molecule has 0 aromatic heterocycles. The molecule has 22 heavy (non-hydrogen) atoms. The van der Waals surface area contributed by atoms with Gasteiger partial charge in [-0.2, -0.15) is 0 Å². The van der Waals surface area contributed by atoms with E-state index in [0.717, 1.165) is 12.5 Å². The van der Waals surface area contributed by atoms with E-state index in [1.807, 2.05) is 27.7 Å². The summed E-state index contributed by atoms with van der Waals surface area (Å²) in [7, 11) is 0. The molecule has 0 bridgehead atoms. The predicted molar refractivity (Wildman–Crippen MR) is 85.2 cm³/mol. The molecule has 0 aromatic carbocycles. The van der Waals surface area contributed by atoms with Gasteiger partial charge in [-0.15, -0.1) is 0 Å². The Bertz CT molecular complexity index is 360. The van der Waals surface area contributed by atoms with Crippen LogP contribution in [0.15, 0.2) is 12.7 Å². The molecular formula is C17H30O5. The number of carbonyl (C=O) groups excluding carboxylic acids is 2. The summed E-state index contributed by atoms with van der Waals surface area (Å²) in [5.41, 5.74) is -0.474. The van der Waals surface area contributed by atoms with Crippen molar-refractivity contribution in [2.45, 2.75) is 47.0 Å². The monoisotopic (exact) mass is 314 g/mol. The molecule has 0 aliphatic rings. The highest BCUT2D eigenvalue weighted by Gasteiger charge is 2.34. The fourth-order valence-electron chi connectivity index (χ4n) is 1.90. The van der Waals surface area contributed by atoms with Crippen molar-refractivity contribution >= 4 is 11.9 Å². The Balaban J connectivity index is 4.68. The normalized spacial score (nSPS) is 16.2. The van der Waals surface area contributed by atoms with Crippen molar-refractivity contribution in [3.8, 4) is 0 Å². The zero-order valence-electron chi connectivity index (χ0n) is 14.3. The lowest BCUT2D eigenvalue weighted by atomic mass is 9.76. The summed E-state index contributed by atoms with van der Waals surface area (Å²) in [5, 5.41) is 9.63. The van der Waals surface area contributed by atoms with Gasteiger partial charge < -0.3 is 14.6 Å². The van der Waals surface area contributed by atoms with Crippen molar-refractivity contribution < 1.29 is 24.2 Å². The topological polar surface area (TPSA) is 72.8 Å². The molecule has 0 rings (SSSR count). The fraction of sp³-hybridized carbons (Fsp3) is 0.765. The van der Waals surface area contributed by atoms with Gasteiger partial charge in [0.15, 0.2) is 0 Å². The van der Waals surface area contributed by atoms with Crippen molar-refractivity contribution in [1.82, 2.24) is 0 Å². The average Bonchev–Trinajstić information content (AvgIpc) is 2.53. The molecule has 5 nitrogen and oxygen atoms in total. The largest absolute Gasteiger partial charge is 0.465 e. The number of hydrogen-bond donors (Lipinski definition) is 1. The van der Waals surface area contributed by atoms with Crippen molar-refractivity contribution in [1.29, 1.82) is 0 Å². The molecule has 0 aromatic rings. The lowest BCUT2D eigenvalue weighted by Crippen LogP contribution is -2.38. The van der Waals surface area contributed by atoms with E-state index in [4.69, 9.17) is 9.47 Å². The first kappa shape index (κ1) is 20.6. The molecule has 0 radical (unpaired) electrons. The molecule has 0 fully saturated rings. The van der Waals surface area contributed by atoms with E-state index in [0.29, 0.717) is 12.8 Å². The highest BCUT2D eigenvalue weighted by Crippen LogP contribution is 2.31. The Hall–Kier alpha value is -1.36. The van der Waals surface area contributed by atoms with Gasteiger partial charge in [0.2, 0.25) is 0 Å². The maximum atomic E-state index is 11.8. The van der Waals surface area contributed by atoms with E-state index in [2.05, 4.69) is 6.58 Å². The van der Waals surface area contributed by atoms with Crippen LogP contribution in [0, 0.1) is 17.3 Å². The third-order valence-electron chi connectivity index (χ3n) is 4.41. The molecular weight excluding hydrogens is 284 g/mol. The summed E-state index contributed by atoms with van der Waals surface area (Å²) >= 11 is 0. The van der Waals surface area contributed by atoms with Crippen LogP contribution in [0.2, 0.25) is 0 Å². The average molecular weight is 314 g/mol. The van der Waals surface area contributed by atoms with Gasteiger partial charge >= 0.3 is 11.9 Å². The van der Waals surface area contributed by atoms with Gasteiger partial charge in [-0.05, 0) is 17.8 Å². The molecule has 0 amide bonds. The second-order valence-corrected chi connectivity index (χ2v) is 6.10. The van der Waals surface area contributed by atoms with Gasteiger partial charge in [0, 0.05) is 25.0 Å². The maximum absolute atomic E-state index is 11.8. The van der Waals surface area contributed by atoms with Crippen LogP contribution in [0.4, 0.5) is 0 Å². The van der Waals surface area contributed by atoms with Crippen LogP contribution >= 0.6 is 0 Å². The number of aliphatic hydroxyl groups excluding tert-OH is 1. The molecule has 128 valence electrons. The summed E-state index contributed by atoms with van der Waals surface area (Å²) in [6.07, 6.45) is 3.06. The maximum Gasteiger partial charge on any atom is 0.330 e. The van der Waals surface area contributed by atoms with Crippen LogP contribution in [-0.4, -0.2) is 36.9 Å². The quantitative estimate of drug-likeness (QED) is 0.469. The van der Waals surface area contributed by atoms with Gasteiger partial charge in [-0.25, -0.2) is 4.79 Å². The molecule has 3 unspecified atom stereocenters. The Morgan fingerprint density at radius 1 is 1.27 bits per heavy atom. The number of carbonyl (C=O) groups is 2. The van der Waals surface area contributed by atoms with Crippen LogP contribution in [0.5, 0.6) is 0 Å². The summed E-state index contributed by atoms with van der Waals surface area (Å²) in [4.78, 5) is 23.0. The van der Waals surface area contributed by atoms with Crippen molar-refractivity contribution in [3.63, 3.8) is 0 Å². The number of aliphatic hydroxyl groups is 1. The summed E-state index contributed by atoms with van der Waals surface area (Å²) in [5.74, 6) is -0.759. The minimum absolute atomic E-state index is 0.0667.